The van der Waals surface area contributed by atoms with Crippen LogP contribution in [-0.2, 0) is 21.6 Å². The normalized spacial score (nSPS) is 41.6. The predicted molar refractivity (Wildman–Crippen MR) is 87.8 cm³/mol. The van der Waals surface area contributed by atoms with Crippen LogP contribution in [0.3, 0.4) is 0 Å². The molecule has 23 heavy (non-hydrogen) atoms. The van der Waals surface area contributed by atoms with Crippen molar-refractivity contribution in [1.82, 2.24) is 0 Å². The Hall–Kier alpha value is -1.35. The van der Waals surface area contributed by atoms with Crippen LogP contribution in [0.2, 0.25) is 0 Å². The molecule has 2 unspecified atom stereocenters. The number of benzene rings is 1. The molecule has 5 atom stereocenters. The highest BCUT2D eigenvalue weighted by atomic mass is 16.5. The van der Waals surface area contributed by atoms with Gasteiger partial charge < -0.3 is 9.84 Å². The molecule has 3 aliphatic rings. The second-order valence-corrected chi connectivity index (χ2v) is 8.01. The third kappa shape index (κ3) is 2.09. The molecule has 0 bridgehead atoms. The molecule has 0 heterocycles. The van der Waals surface area contributed by atoms with Crippen LogP contribution < -0.4 is 0 Å². The number of hydrogen-bond donors (Lipinski definition) is 1. The summed E-state index contributed by atoms with van der Waals surface area (Å²) in [6, 6.07) is 8.39. The number of rotatable bonds is 1. The maximum atomic E-state index is 11.6. The first-order chi connectivity index (χ1) is 10.9. The van der Waals surface area contributed by atoms with Crippen LogP contribution in [-0.4, -0.2) is 17.2 Å². The predicted octanol–water partition coefficient (Wildman–Crippen LogP) is 3.58. The maximum Gasteiger partial charge on any atom is 0.302 e. The van der Waals surface area contributed by atoms with Crippen molar-refractivity contribution in [3.8, 4) is 0 Å². The highest BCUT2D eigenvalue weighted by molar-refractivity contribution is 5.66. The lowest BCUT2D eigenvalue weighted by Crippen LogP contribution is -2.53. The van der Waals surface area contributed by atoms with Crippen molar-refractivity contribution in [2.45, 2.75) is 64.1 Å². The summed E-state index contributed by atoms with van der Waals surface area (Å²) in [5, 5.41) is 11.6. The Morgan fingerprint density at radius 2 is 1.96 bits per heavy atom. The molecule has 2 fully saturated rings. The summed E-state index contributed by atoms with van der Waals surface area (Å²) in [5.41, 5.74) is 1.79. The fraction of sp³-hybridized carbons (Fsp3) is 0.650. The minimum atomic E-state index is -0.690. The molecule has 0 radical (unpaired) electrons. The third-order valence-electron chi connectivity index (χ3n) is 6.98. The fourth-order valence-electron chi connectivity index (χ4n) is 5.85. The Bertz CT molecular complexity index is 640. The van der Waals surface area contributed by atoms with Gasteiger partial charge in [-0.2, -0.15) is 0 Å². The summed E-state index contributed by atoms with van der Waals surface area (Å²) >= 11 is 0. The monoisotopic (exact) mass is 314 g/mol. The van der Waals surface area contributed by atoms with E-state index in [4.69, 9.17) is 4.74 Å². The molecule has 3 heteroatoms. The molecule has 124 valence electrons. The van der Waals surface area contributed by atoms with Crippen LogP contribution in [0.5, 0.6) is 0 Å². The van der Waals surface area contributed by atoms with Crippen molar-refractivity contribution in [3.63, 3.8) is 0 Å². The summed E-state index contributed by atoms with van der Waals surface area (Å²) in [6.45, 7) is 3.78. The van der Waals surface area contributed by atoms with Gasteiger partial charge in [0.1, 0.15) is 6.10 Å². The van der Waals surface area contributed by atoms with Crippen molar-refractivity contribution < 1.29 is 14.6 Å². The number of carbonyl (C=O) groups excluding carboxylic acids is 1. The summed E-state index contributed by atoms with van der Waals surface area (Å²) in [5.74, 6) is 0.558. The molecule has 1 aromatic carbocycles. The first kappa shape index (κ1) is 15.2. The van der Waals surface area contributed by atoms with Crippen LogP contribution in [0.25, 0.3) is 0 Å². The number of fused-ring (bicyclic) bond motifs is 5. The van der Waals surface area contributed by atoms with Gasteiger partial charge in [-0.3, -0.25) is 4.79 Å². The van der Waals surface area contributed by atoms with Gasteiger partial charge in [-0.05, 0) is 61.5 Å². The standard InChI is InChI=1S/C20H26O3/c1-13(21)23-18-10-9-16-17-8-7-14-5-3-4-6-15(14)20(17,22)12-11-19(16,18)2/h3-6,16-18,22H,7-12H2,1-2H3/t16?,17?,18-,19+,20+/m1/s1. The number of aryl methyl sites for hydroxylation is 1. The van der Waals surface area contributed by atoms with Gasteiger partial charge in [0.25, 0.3) is 0 Å². The van der Waals surface area contributed by atoms with Gasteiger partial charge in [0.05, 0.1) is 5.60 Å². The minimum Gasteiger partial charge on any atom is -0.462 e. The molecule has 1 N–H and O–H groups in total. The van der Waals surface area contributed by atoms with E-state index in [2.05, 4.69) is 25.1 Å². The average molecular weight is 314 g/mol. The molecule has 4 rings (SSSR count). The van der Waals surface area contributed by atoms with Crippen molar-refractivity contribution in [2.24, 2.45) is 17.3 Å². The molecule has 0 spiro atoms. The van der Waals surface area contributed by atoms with Crippen LogP contribution in [0.4, 0.5) is 0 Å². The quantitative estimate of drug-likeness (QED) is 0.806. The number of esters is 1. The summed E-state index contributed by atoms with van der Waals surface area (Å²) in [7, 11) is 0. The largest absolute Gasteiger partial charge is 0.462 e. The molecule has 0 amide bonds. The Morgan fingerprint density at radius 3 is 2.74 bits per heavy atom. The smallest absolute Gasteiger partial charge is 0.302 e. The van der Waals surface area contributed by atoms with E-state index in [0.717, 1.165) is 44.1 Å². The van der Waals surface area contributed by atoms with E-state index < -0.39 is 5.60 Å². The Labute approximate surface area is 138 Å². The molecular formula is C20H26O3. The summed E-state index contributed by atoms with van der Waals surface area (Å²) in [6.07, 6.45) is 5.82. The van der Waals surface area contributed by atoms with Crippen molar-refractivity contribution in [1.29, 1.82) is 0 Å². The summed E-state index contributed by atoms with van der Waals surface area (Å²) in [4.78, 5) is 11.5. The number of aliphatic hydroxyl groups is 1. The molecule has 2 saturated carbocycles. The maximum absolute atomic E-state index is 11.6. The van der Waals surface area contributed by atoms with E-state index in [-0.39, 0.29) is 23.4 Å². The lowest BCUT2D eigenvalue weighted by atomic mass is 9.53. The van der Waals surface area contributed by atoms with E-state index in [1.807, 2.05) is 6.07 Å². The third-order valence-corrected chi connectivity index (χ3v) is 6.98. The van der Waals surface area contributed by atoms with Crippen LogP contribution >= 0.6 is 0 Å². The molecule has 1 aromatic rings. The molecule has 0 saturated heterocycles. The van der Waals surface area contributed by atoms with Crippen LogP contribution in [0, 0.1) is 17.3 Å². The SMILES string of the molecule is CC(=O)O[C@@H]1CCC2C3CCc4ccccc4[C@@]3(O)CC[C@@]21C. The van der Waals surface area contributed by atoms with Gasteiger partial charge in [-0.25, -0.2) is 0 Å². The van der Waals surface area contributed by atoms with Gasteiger partial charge in [0, 0.05) is 12.3 Å². The Balaban J connectivity index is 1.69. The van der Waals surface area contributed by atoms with Gasteiger partial charge in [0.15, 0.2) is 0 Å². The van der Waals surface area contributed by atoms with E-state index in [9.17, 15) is 9.90 Å². The van der Waals surface area contributed by atoms with Crippen molar-refractivity contribution >= 4 is 5.97 Å². The molecule has 3 aliphatic carbocycles. The first-order valence-corrected chi connectivity index (χ1v) is 8.93. The zero-order valence-electron chi connectivity index (χ0n) is 14.0. The molecule has 0 aliphatic heterocycles. The highest BCUT2D eigenvalue weighted by Gasteiger charge is 2.60. The van der Waals surface area contributed by atoms with Crippen LogP contribution in [0.1, 0.15) is 57.1 Å². The number of carbonyl (C=O) groups is 1. The number of ether oxygens (including phenoxy) is 1. The van der Waals surface area contributed by atoms with E-state index in [1.165, 1.54) is 12.5 Å². The average Bonchev–Trinajstić information content (AvgIpc) is 2.84. The Kier molecular flexibility index (Phi) is 3.35. The van der Waals surface area contributed by atoms with E-state index in [1.54, 1.807) is 0 Å². The fourth-order valence-corrected chi connectivity index (χ4v) is 5.85. The van der Waals surface area contributed by atoms with Gasteiger partial charge in [-0.15, -0.1) is 0 Å². The van der Waals surface area contributed by atoms with Crippen molar-refractivity contribution in [2.75, 3.05) is 0 Å². The topological polar surface area (TPSA) is 46.5 Å². The minimum absolute atomic E-state index is 0.0201. The van der Waals surface area contributed by atoms with Gasteiger partial charge in [-0.1, -0.05) is 31.2 Å². The van der Waals surface area contributed by atoms with Crippen LogP contribution in [0.15, 0.2) is 24.3 Å². The lowest BCUT2D eigenvalue weighted by molar-refractivity contribution is -0.167. The second-order valence-electron chi connectivity index (χ2n) is 8.01. The number of hydrogen-bond acceptors (Lipinski definition) is 3. The first-order valence-electron chi connectivity index (χ1n) is 8.93. The van der Waals surface area contributed by atoms with Gasteiger partial charge >= 0.3 is 5.97 Å². The van der Waals surface area contributed by atoms with Gasteiger partial charge in [0.2, 0.25) is 0 Å². The lowest BCUT2D eigenvalue weighted by Gasteiger charge is -2.54. The second kappa shape index (κ2) is 5.07. The molecule has 0 aromatic heterocycles. The Morgan fingerprint density at radius 1 is 1.17 bits per heavy atom. The van der Waals surface area contributed by atoms with E-state index in [0.29, 0.717) is 5.92 Å². The zero-order chi connectivity index (χ0) is 16.2. The van der Waals surface area contributed by atoms with E-state index >= 15 is 0 Å². The molecular weight excluding hydrogens is 288 g/mol. The van der Waals surface area contributed by atoms with Crippen molar-refractivity contribution in [3.05, 3.63) is 35.4 Å². The highest BCUT2D eigenvalue weighted by Crippen LogP contribution is 2.62. The summed E-state index contributed by atoms with van der Waals surface area (Å²) < 4.78 is 5.65. The zero-order valence-corrected chi connectivity index (χ0v) is 14.0. The molecule has 3 nitrogen and oxygen atoms in total.